The number of piperidine rings is 1. The summed E-state index contributed by atoms with van der Waals surface area (Å²) in [6, 6.07) is 0.533. The molecule has 2 saturated heterocycles. The van der Waals surface area contributed by atoms with E-state index in [9.17, 15) is 8.42 Å². The van der Waals surface area contributed by atoms with Crippen molar-refractivity contribution in [2.24, 2.45) is 0 Å². The zero-order valence-corrected chi connectivity index (χ0v) is 12.3. The summed E-state index contributed by atoms with van der Waals surface area (Å²) in [7, 11) is -3.50. The third kappa shape index (κ3) is 2.43. The molecule has 0 aromatic carbocycles. The summed E-state index contributed by atoms with van der Waals surface area (Å²) in [5, 5.41) is 6.18. The number of H-pyrrole nitrogens is 1. The number of rotatable bonds is 3. The Morgan fingerprint density at radius 2 is 1.85 bits per heavy atom. The monoisotopic (exact) mass is 299 g/mol. The highest BCUT2D eigenvalue weighted by Gasteiger charge is 2.33. The van der Waals surface area contributed by atoms with Gasteiger partial charge in [-0.1, -0.05) is 0 Å². The maximum atomic E-state index is 12.5. The molecule has 7 nitrogen and oxygen atoms in total. The lowest BCUT2D eigenvalue weighted by atomic mass is 10.1. The second-order valence-electron chi connectivity index (χ2n) is 5.53. The molecular formula is C12H21N5O2S. The van der Waals surface area contributed by atoms with Crippen LogP contribution in [0.25, 0.3) is 0 Å². The highest BCUT2D eigenvalue weighted by atomic mass is 32.2. The van der Waals surface area contributed by atoms with Crippen molar-refractivity contribution in [1.82, 2.24) is 19.4 Å². The molecule has 0 bridgehead atoms. The number of nitrogens with zero attached hydrogens (tertiary/aromatic N) is 3. The minimum atomic E-state index is -3.50. The van der Waals surface area contributed by atoms with Crippen LogP contribution in [0.5, 0.6) is 0 Å². The Kier molecular flexibility index (Phi) is 3.70. The normalized spacial score (nSPS) is 23.4. The average Bonchev–Trinajstić information content (AvgIpc) is 3.10. The van der Waals surface area contributed by atoms with Crippen molar-refractivity contribution in [2.45, 2.75) is 36.6 Å². The minimum Gasteiger partial charge on any atom is -0.383 e. The van der Waals surface area contributed by atoms with Crippen LogP contribution >= 0.6 is 0 Å². The molecule has 3 N–H and O–H groups in total. The molecule has 0 saturated carbocycles. The second-order valence-corrected chi connectivity index (χ2v) is 7.43. The number of nitrogens with two attached hydrogens (primary N) is 1. The van der Waals surface area contributed by atoms with Crippen LogP contribution in [0.15, 0.2) is 11.1 Å². The van der Waals surface area contributed by atoms with Crippen molar-refractivity contribution in [3.63, 3.8) is 0 Å². The van der Waals surface area contributed by atoms with Crippen molar-refractivity contribution in [3.8, 4) is 0 Å². The van der Waals surface area contributed by atoms with Gasteiger partial charge in [0.15, 0.2) is 0 Å². The van der Waals surface area contributed by atoms with Gasteiger partial charge in [-0.05, 0) is 38.8 Å². The van der Waals surface area contributed by atoms with E-state index in [4.69, 9.17) is 5.73 Å². The number of likely N-dealkylation sites (tertiary alicyclic amines) is 1. The van der Waals surface area contributed by atoms with E-state index in [0.29, 0.717) is 19.1 Å². The van der Waals surface area contributed by atoms with Gasteiger partial charge in [0.05, 0.1) is 6.20 Å². The molecule has 1 aromatic heterocycles. The summed E-state index contributed by atoms with van der Waals surface area (Å²) in [5.41, 5.74) is 5.63. The Balaban J connectivity index is 1.67. The van der Waals surface area contributed by atoms with E-state index in [0.717, 1.165) is 25.9 Å². The number of hydrogen-bond acceptors (Lipinski definition) is 5. The van der Waals surface area contributed by atoms with E-state index in [2.05, 4.69) is 15.1 Å². The number of anilines is 1. The smallest absolute Gasteiger partial charge is 0.248 e. The van der Waals surface area contributed by atoms with Gasteiger partial charge in [0.25, 0.3) is 0 Å². The maximum Gasteiger partial charge on any atom is 0.248 e. The fourth-order valence-electron chi connectivity index (χ4n) is 3.18. The molecule has 0 unspecified atom stereocenters. The van der Waals surface area contributed by atoms with Crippen LogP contribution in [0.1, 0.15) is 25.7 Å². The molecular weight excluding hydrogens is 278 g/mol. The van der Waals surface area contributed by atoms with Crippen LogP contribution in [0.4, 0.5) is 5.82 Å². The van der Waals surface area contributed by atoms with Crippen molar-refractivity contribution >= 4 is 15.8 Å². The van der Waals surface area contributed by atoms with Gasteiger partial charge in [0, 0.05) is 19.1 Å². The molecule has 0 atom stereocenters. The molecule has 8 heteroatoms. The quantitative estimate of drug-likeness (QED) is 0.833. The molecule has 0 radical (unpaired) electrons. The Morgan fingerprint density at radius 1 is 1.20 bits per heavy atom. The first-order valence-corrected chi connectivity index (χ1v) is 8.56. The molecule has 20 heavy (non-hydrogen) atoms. The van der Waals surface area contributed by atoms with Crippen molar-refractivity contribution < 1.29 is 8.42 Å². The molecule has 2 fully saturated rings. The predicted octanol–water partition coefficient (Wildman–Crippen LogP) is 0.241. The number of aromatic nitrogens is 2. The van der Waals surface area contributed by atoms with E-state index < -0.39 is 10.0 Å². The van der Waals surface area contributed by atoms with E-state index >= 15 is 0 Å². The molecule has 0 spiro atoms. The Labute approximate surface area is 119 Å². The lowest BCUT2D eigenvalue weighted by molar-refractivity contribution is 0.168. The Bertz CT molecular complexity index is 556. The van der Waals surface area contributed by atoms with E-state index in [1.165, 1.54) is 23.3 Å². The molecule has 2 aliphatic rings. The van der Waals surface area contributed by atoms with E-state index in [1.54, 1.807) is 0 Å². The standard InChI is InChI=1S/C12H21N5O2S/c13-12-11(9-14-15-12)20(18,19)17-7-3-10(4-8-17)16-5-1-2-6-16/h9-10H,1-8H2,(H3,13,14,15). The molecule has 0 amide bonds. The first-order chi connectivity index (χ1) is 9.59. The maximum absolute atomic E-state index is 12.5. The molecule has 112 valence electrons. The van der Waals surface area contributed by atoms with Gasteiger partial charge in [-0.25, -0.2) is 8.42 Å². The van der Waals surface area contributed by atoms with E-state index in [1.807, 2.05) is 0 Å². The van der Waals surface area contributed by atoms with Gasteiger partial charge in [-0.15, -0.1) is 0 Å². The van der Waals surface area contributed by atoms with Crippen LogP contribution in [-0.2, 0) is 10.0 Å². The average molecular weight is 299 g/mol. The number of nitrogens with one attached hydrogen (secondary N) is 1. The summed E-state index contributed by atoms with van der Waals surface area (Å²) in [6.07, 6.45) is 5.62. The van der Waals surface area contributed by atoms with Crippen molar-refractivity contribution in [2.75, 3.05) is 31.9 Å². The van der Waals surface area contributed by atoms with Gasteiger partial charge >= 0.3 is 0 Å². The van der Waals surface area contributed by atoms with Crippen LogP contribution in [0.2, 0.25) is 0 Å². The molecule has 3 heterocycles. The fourth-order valence-corrected chi connectivity index (χ4v) is 4.66. The predicted molar refractivity (Wildman–Crippen MR) is 75.6 cm³/mol. The van der Waals surface area contributed by atoms with E-state index in [-0.39, 0.29) is 10.7 Å². The summed E-state index contributed by atoms with van der Waals surface area (Å²) in [4.78, 5) is 2.59. The van der Waals surface area contributed by atoms with Crippen LogP contribution in [0.3, 0.4) is 0 Å². The molecule has 0 aliphatic carbocycles. The number of hydrogen-bond donors (Lipinski definition) is 2. The highest BCUT2D eigenvalue weighted by Crippen LogP contribution is 2.26. The van der Waals surface area contributed by atoms with Gasteiger partial charge in [0.2, 0.25) is 10.0 Å². The third-order valence-corrected chi connectivity index (χ3v) is 6.26. The number of nitrogen functional groups attached to an aromatic ring is 1. The topological polar surface area (TPSA) is 95.3 Å². The third-order valence-electron chi connectivity index (χ3n) is 4.33. The zero-order chi connectivity index (χ0) is 14.2. The summed E-state index contributed by atoms with van der Waals surface area (Å²) >= 11 is 0. The lowest BCUT2D eigenvalue weighted by Gasteiger charge is -2.35. The van der Waals surface area contributed by atoms with Gasteiger partial charge in [-0.2, -0.15) is 9.40 Å². The minimum absolute atomic E-state index is 0.0946. The molecule has 2 aliphatic heterocycles. The van der Waals surface area contributed by atoms with Crippen molar-refractivity contribution in [1.29, 1.82) is 0 Å². The first-order valence-electron chi connectivity index (χ1n) is 7.12. The van der Waals surface area contributed by atoms with Crippen LogP contribution in [-0.4, -0.2) is 60.0 Å². The highest BCUT2D eigenvalue weighted by molar-refractivity contribution is 7.89. The number of aromatic amines is 1. The van der Waals surface area contributed by atoms with Crippen LogP contribution in [0, 0.1) is 0 Å². The van der Waals surface area contributed by atoms with Crippen molar-refractivity contribution in [3.05, 3.63) is 6.20 Å². The largest absolute Gasteiger partial charge is 0.383 e. The molecule has 3 rings (SSSR count). The van der Waals surface area contributed by atoms with Gasteiger partial charge < -0.3 is 10.6 Å². The Morgan fingerprint density at radius 3 is 2.40 bits per heavy atom. The van der Waals surface area contributed by atoms with Gasteiger partial charge in [-0.3, -0.25) is 5.10 Å². The SMILES string of the molecule is Nc1[nH]ncc1S(=O)(=O)N1CCC(N2CCCC2)CC1. The summed E-state index contributed by atoms with van der Waals surface area (Å²) < 4.78 is 26.5. The van der Waals surface area contributed by atoms with Crippen LogP contribution < -0.4 is 5.73 Å². The summed E-state index contributed by atoms with van der Waals surface area (Å²) in [6.45, 7) is 3.44. The Hall–Kier alpha value is -1.12. The molecule has 1 aromatic rings. The first kappa shape index (κ1) is 13.8. The number of sulfonamides is 1. The fraction of sp³-hybridized carbons (Fsp3) is 0.750. The summed E-state index contributed by atoms with van der Waals surface area (Å²) in [5.74, 6) is 0.117. The van der Waals surface area contributed by atoms with Gasteiger partial charge in [0.1, 0.15) is 10.7 Å². The second kappa shape index (κ2) is 5.34. The lowest BCUT2D eigenvalue weighted by Crippen LogP contribution is -2.45. The zero-order valence-electron chi connectivity index (χ0n) is 11.5.